The van der Waals surface area contributed by atoms with Crippen molar-refractivity contribution in [3.63, 3.8) is 0 Å². The van der Waals surface area contributed by atoms with Crippen LogP contribution >= 0.6 is 0 Å². The first-order valence-corrected chi connectivity index (χ1v) is 6.82. The van der Waals surface area contributed by atoms with Gasteiger partial charge < -0.3 is 10.2 Å². The van der Waals surface area contributed by atoms with Crippen molar-refractivity contribution in [1.82, 2.24) is 0 Å². The molecule has 2 rings (SSSR count). The van der Waals surface area contributed by atoms with E-state index in [1.165, 1.54) is 0 Å². The minimum atomic E-state index is -0.576. The number of rotatable bonds is 0. The Hall–Kier alpha value is -0.340. The van der Waals surface area contributed by atoms with Gasteiger partial charge in [-0.15, -0.1) is 0 Å². The molecule has 0 radical (unpaired) electrons. The molecule has 0 aromatic rings. The largest absolute Gasteiger partial charge is 0.390 e. The smallest absolute Gasteiger partial charge is 0.0751 e. The summed E-state index contributed by atoms with van der Waals surface area (Å²) in [6, 6.07) is 0. The lowest BCUT2D eigenvalue weighted by Gasteiger charge is -2.33. The fourth-order valence-corrected chi connectivity index (χ4v) is 3.69. The Balaban J connectivity index is 2.32. The van der Waals surface area contributed by atoms with Gasteiger partial charge in [0.05, 0.1) is 11.7 Å². The third-order valence-electron chi connectivity index (χ3n) is 5.21. The van der Waals surface area contributed by atoms with E-state index in [1.807, 2.05) is 6.92 Å². The van der Waals surface area contributed by atoms with Crippen LogP contribution in [0.3, 0.4) is 0 Å². The molecule has 2 aliphatic carbocycles. The normalized spacial score (nSPS) is 48.8. The highest BCUT2D eigenvalue weighted by atomic mass is 16.3. The Morgan fingerprint density at radius 3 is 2.65 bits per heavy atom. The van der Waals surface area contributed by atoms with Gasteiger partial charge in [0.15, 0.2) is 0 Å². The second kappa shape index (κ2) is 4.10. The van der Waals surface area contributed by atoms with Crippen LogP contribution in [0.5, 0.6) is 0 Å². The van der Waals surface area contributed by atoms with E-state index in [1.54, 1.807) is 0 Å². The van der Waals surface area contributed by atoms with Crippen molar-refractivity contribution in [2.75, 3.05) is 0 Å². The van der Waals surface area contributed by atoms with Gasteiger partial charge in [-0.05, 0) is 55.4 Å². The molecule has 2 heteroatoms. The summed E-state index contributed by atoms with van der Waals surface area (Å²) in [7, 11) is 0. The van der Waals surface area contributed by atoms with Crippen LogP contribution in [-0.4, -0.2) is 21.9 Å². The van der Waals surface area contributed by atoms with Gasteiger partial charge in [-0.25, -0.2) is 0 Å². The molecule has 0 aliphatic heterocycles. The van der Waals surface area contributed by atoms with E-state index in [4.69, 9.17) is 0 Å². The second-order valence-electron chi connectivity index (χ2n) is 7.01. The molecule has 17 heavy (non-hydrogen) atoms. The summed E-state index contributed by atoms with van der Waals surface area (Å²) < 4.78 is 0. The highest BCUT2D eigenvalue weighted by Gasteiger charge is 2.51. The van der Waals surface area contributed by atoms with Crippen molar-refractivity contribution in [2.24, 2.45) is 17.3 Å². The number of hydrogen-bond acceptors (Lipinski definition) is 2. The van der Waals surface area contributed by atoms with Gasteiger partial charge in [0.25, 0.3) is 0 Å². The van der Waals surface area contributed by atoms with E-state index in [9.17, 15) is 10.2 Å². The van der Waals surface area contributed by atoms with E-state index in [0.717, 1.165) is 24.8 Å². The van der Waals surface area contributed by atoms with Crippen LogP contribution in [0.2, 0.25) is 0 Å². The first-order valence-electron chi connectivity index (χ1n) is 6.82. The van der Waals surface area contributed by atoms with Crippen molar-refractivity contribution in [2.45, 2.75) is 65.1 Å². The van der Waals surface area contributed by atoms with Crippen LogP contribution in [0.15, 0.2) is 11.6 Å². The molecule has 0 aromatic carbocycles. The van der Waals surface area contributed by atoms with Crippen LogP contribution < -0.4 is 0 Å². The standard InChI is InChI=1S/C15H26O2/c1-10-5-6-12-8-15(17,9-14(12,3)4)11(2)7-13(10)16/h5,11-13,16-17H,6-9H2,1-4H3/b10-5-. The van der Waals surface area contributed by atoms with Gasteiger partial charge in [-0.3, -0.25) is 0 Å². The fraction of sp³-hybridized carbons (Fsp3) is 0.867. The Morgan fingerprint density at radius 1 is 1.35 bits per heavy atom. The Morgan fingerprint density at radius 2 is 2.00 bits per heavy atom. The topological polar surface area (TPSA) is 40.5 Å². The molecule has 1 saturated carbocycles. The maximum Gasteiger partial charge on any atom is 0.0751 e. The molecule has 0 aromatic heterocycles. The molecule has 2 nitrogen and oxygen atoms in total. The average Bonchev–Trinajstić information content (AvgIpc) is 2.46. The number of hydrogen-bond donors (Lipinski definition) is 2. The minimum Gasteiger partial charge on any atom is -0.390 e. The molecule has 2 aliphatic rings. The third-order valence-corrected chi connectivity index (χ3v) is 5.21. The lowest BCUT2D eigenvalue weighted by molar-refractivity contribution is -0.0286. The third kappa shape index (κ3) is 2.30. The zero-order valence-corrected chi connectivity index (χ0v) is 11.5. The number of aliphatic hydroxyl groups is 2. The molecule has 2 N–H and O–H groups in total. The van der Waals surface area contributed by atoms with Crippen LogP contribution in [0.1, 0.15) is 53.4 Å². The zero-order chi connectivity index (χ0) is 12.8. The van der Waals surface area contributed by atoms with Crippen molar-refractivity contribution in [1.29, 1.82) is 0 Å². The molecule has 0 heterocycles. The lowest BCUT2D eigenvalue weighted by atomic mass is 9.77. The quantitative estimate of drug-likeness (QED) is 0.637. The number of aliphatic hydroxyl groups excluding tert-OH is 1. The van der Waals surface area contributed by atoms with Crippen LogP contribution in [0, 0.1) is 17.3 Å². The molecule has 1 fully saturated rings. The highest BCUT2D eigenvalue weighted by molar-refractivity contribution is 5.12. The van der Waals surface area contributed by atoms with Crippen molar-refractivity contribution in [3.05, 3.63) is 11.6 Å². The van der Waals surface area contributed by atoms with Crippen LogP contribution in [-0.2, 0) is 0 Å². The monoisotopic (exact) mass is 238 g/mol. The van der Waals surface area contributed by atoms with Crippen molar-refractivity contribution in [3.8, 4) is 0 Å². The second-order valence-corrected chi connectivity index (χ2v) is 7.01. The average molecular weight is 238 g/mol. The molecule has 4 unspecified atom stereocenters. The van der Waals surface area contributed by atoms with E-state index in [0.29, 0.717) is 12.3 Å². The van der Waals surface area contributed by atoms with Gasteiger partial charge in [0, 0.05) is 0 Å². The molecule has 98 valence electrons. The maximum atomic E-state index is 10.8. The van der Waals surface area contributed by atoms with Crippen LogP contribution in [0.4, 0.5) is 0 Å². The van der Waals surface area contributed by atoms with Gasteiger partial charge in [0.2, 0.25) is 0 Å². The Bertz CT molecular complexity index is 332. The molecular formula is C15H26O2. The molecule has 4 atom stereocenters. The van der Waals surface area contributed by atoms with E-state index >= 15 is 0 Å². The number of allylic oxidation sites excluding steroid dienone is 1. The van der Waals surface area contributed by atoms with Gasteiger partial charge >= 0.3 is 0 Å². The Kier molecular flexibility index (Phi) is 3.16. The minimum absolute atomic E-state index is 0.170. The lowest BCUT2D eigenvalue weighted by Crippen LogP contribution is -2.36. The summed E-state index contributed by atoms with van der Waals surface area (Å²) >= 11 is 0. The summed E-state index contributed by atoms with van der Waals surface area (Å²) in [6.07, 6.45) is 5.23. The first kappa shape index (κ1) is 13.1. The molecule has 0 amide bonds. The maximum absolute atomic E-state index is 10.8. The predicted octanol–water partition coefficient (Wildman–Crippen LogP) is 2.89. The van der Waals surface area contributed by atoms with Crippen LogP contribution in [0.25, 0.3) is 0 Å². The van der Waals surface area contributed by atoms with Crippen molar-refractivity contribution >= 4 is 0 Å². The zero-order valence-electron chi connectivity index (χ0n) is 11.5. The molecule has 0 spiro atoms. The highest BCUT2D eigenvalue weighted by Crippen LogP contribution is 2.53. The van der Waals surface area contributed by atoms with Gasteiger partial charge in [0.1, 0.15) is 0 Å². The SMILES string of the molecule is C/C1=C/CC2CC(O)(CC2(C)C)C(C)CC1O. The summed E-state index contributed by atoms with van der Waals surface area (Å²) in [5.74, 6) is 0.707. The van der Waals surface area contributed by atoms with Gasteiger partial charge in [-0.2, -0.15) is 0 Å². The predicted molar refractivity (Wildman–Crippen MR) is 69.6 cm³/mol. The van der Waals surface area contributed by atoms with Crippen molar-refractivity contribution < 1.29 is 10.2 Å². The number of fused-ring (bicyclic) bond motifs is 2. The molecule has 2 bridgehead atoms. The molecule has 0 saturated heterocycles. The summed E-state index contributed by atoms with van der Waals surface area (Å²) in [4.78, 5) is 0. The van der Waals surface area contributed by atoms with E-state index in [-0.39, 0.29) is 17.4 Å². The van der Waals surface area contributed by atoms with Gasteiger partial charge in [-0.1, -0.05) is 26.8 Å². The fourth-order valence-electron chi connectivity index (χ4n) is 3.69. The summed E-state index contributed by atoms with van der Waals surface area (Å²) in [6.45, 7) is 8.63. The molecular weight excluding hydrogens is 212 g/mol. The van der Waals surface area contributed by atoms with E-state index in [2.05, 4.69) is 26.8 Å². The first-order chi connectivity index (χ1) is 7.74. The Labute approximate surface area is 105 Å². The summed E-state index contributed by atoms with van der Waals surface area (Å²) in [5, 5.41) is 20.9. The summed E-state index contributed by atoms with van der Waals surface area (Å²) in [5.41, 5.74) is 0.708. The van der Waals surface area contributed by atoms with E-state index < -0.39 is 5.60 Å².